The topological polar surface area (TPSA) is 92.9 Å². The lowest BCUT2D eigenvalue weighted by Gasteiger charge is -2.08. The number of carbonyl (C=O) groups is 2. The summed E-state index contributed by atoms with van der Waals surface area (Å²) in [5.41, 5.74) is 5.91. The van der Waals surface area contributed by atoms with Gasteiger partial charge < -0.3 is 20.5 Å². The summed E-state index contributed by atoms with van der Waals surface area (Å²) in [5, 5.41) is 7.60. The molecule has 0 aliphatic rings. The van der Waals surface area contributed by atoms with E-state index in [9.17, 15) is 9.59 Å². The molecule has 0 bridgehead atoms. The van der Waals surface area contributed by atoms with E-state index in [0.29, 0.717) is 6.61 Å². The van der Waals surface area contributed by atoms with Crippen molar-refractivity contribution in [2.75, 3.05) is 20.7 Å². The van der Waals surface area contributed by atoms with Crippen molar-refractivity contribution in [1.29, 1.82) is 0 Å². The number of amides is 1. The van der Waals surface area contributed by atoms with Crippen molar-refractivity contribution in [1.82, 2.24) is 4.90 Å². The Morgan fingerprint density at radius 1 is 1.33 bits per heavy atom. The van der Waals surface area contributed by atoms with E-state index in [1.54, 1.807) is 6.92 Å². The minimum Gasteiger partial charge on any atom is -0.478 e. The lowest BCUT2D eigenvalue weighted by molar-refractivity contribution is -0.131. The molecule has 1 amide bonds. The number of primary amides is 1. The number of aliphatic carboxylic acids is 1. The molecule has 1 aromatic carbocycles. The molecular weight excluding hydrogens is 272 g/mol. The third kappa shape index (κ3) is 20.2. The quantitative estimate of drug-likeness (QED) is 0.830. The SMILES string of the molecule is C=CC(=O)O.CCOC(N)=O.CN(C)Cc1ccccc1. The Hall–Kier alpha value is -2.34. The molecule has 0 atom stereocenters. The van der Waals surface area contributed by atoms with Crippen LogP contribution in [-0.2, 0) is 16.1 Å². The van der Waals surface area contributed by atoms with Gasteiger partial charge in [-0.25, -0.2) is 9.59 Å². The minimum atomic E-state index is -0.981. The Bertz CT molecular complexity index is 405. The lowest BCUT2D eigenvalue weighted by atomic mass is 10.2. The van der Waals surface area contributed by atoms with Gasteiger partial charge in [0.15, 0.2) is 0 Å². The van der Waals surface area contributed by atoms with Gasteiger partial charge in [0.05, 0.1) is 6.61 Å². The van der Waals surface area contributed by atoms with Gasteiger partial charge in [0.1, 0.15) is 0 Å². The van der Waals surface area contributed by atoms with Crippen LogP contribution in [0.1, 0.15) is 12.5 Å². The summed E-state index contributed by atoms with van der Waals surface area (Å²) < 4.78 is 4.18. The Kier molecular flexibility index (Phi) is 14.1. The zero-order valence-electron chi connectivity index (χ0n) is 12.8. The van der Waals surface area contributed by atoms with Crippen LogP contribution in [0.4, 0.5) is 4.79 Å². The van der Waals surface area contributed by atoms with E-state index in [2.05, 4.69) is 60.3 Å². The normalized spacial score (nSPS) is 8.57. The van der Waals surface area contributed by atoms with Gasteiger partial charge in [-0.05, 0) is 26.6 Å². The molecule has 0 heterocycles. The first kappa shape index (κ1) is 21.0. The van der Waals surface area contributed by atoms with Gasteiger partial charge in [0.2, 0.25) is 0 Å². The summed E-state index contributed by atoms with van der Waals surface area (Å²) in [7, 11) is 4.15. The second-order valence-electron chi connectivity index (χ2n) is 4.02. The molecule has 6 nitrogen and oxygen atoms in total. The molecule has 3 N–H and O–H groups in total. The Morgan fingerprint density at radius 2 is 1.81 bits per heavy atom. The van der Waals surface area contributed by atoms with Crippen LogP contribution in [0.25, 0.3) is 0 Å². The van der Waals surface area contributed by atoms with Crippen LogP contribution < -0.4 is 5.73 Å². The van der Waals surface area contributed by atoms with Crippen LogP contribution in [0.5, 0.6) is 0 Å². The highest BCUT2D eigenvalue weighted by atomic mass is 16.5. The minimum absolute atomic E-state index is 0.356. The number of nitrogens with zero attached hydrogens (tertiary/aromatic N) is 1. The largest absolute Gasteiger partial charge is 0.478 e. The second kappa shape index (κ2) is 14.1. The van der Waals surface area contributed by atoms with E-state index in [1.807, 2.05) is 6.07 Å². The maximum absolute atomic E-state index is 9.60. The molecule has 0 aliphatic heterocycles. The van der Waals surface area contributed by atoms with E-state index >= 15 is 0 Å². The molecule has 0 spiro atoms. The molecule has 118 valence electrons. The molecule has 1 aromatic rings. The van der Waals surface area contributed by atoms with Gasteiger partial charge in [-0.2, -0.15) is 0 Å². The molecule has 0 aromatic heterocycles. The highest BCUT2D eigenvalue weighted by Crippen LogP contribution is 1.99. The van der Waals surface area contributed by atoms with Crippen LogP contribution >= 0.6 is 0 Å². The average molecular weight is 296 g/mol. The number of carbonyl (C=O) groups excluding carboxylic acids is 1. The number of benzene rings is 1. The molecule has 0 fully saturated rings. The molecule has 0 saturated heterocycles. The van der Waals surface area contributed by atoms with E-state index < -0.39 is 12.1 Å². The average Bonchev–Trinajstić information content (AvgIpc) is 2.40. The monoisotopic (exact) mass is 296 g/mol. The summed E-state index contributed by atoms with van der Waals surface area (Å²) in [6.45, 7) is 6.04. The summed E-state index contributed by atoms with van der Waals surface area (Å²) in [4.78, 5) is 21.0. The first-order chi connectivity index (χ1) is 9.83. The fourth-order valence-electron chi connectivity index (χ4n) is 1.09. The van der Waals surface area contributed by atoms with Crippen molar-refractivity contribution in [3.63, 3.8) is 0 Å². The number of rotatable bonds is 4. The third-order valence-electron chi connectivity index (χ3n) is 1.80. The maximum atomic E-state index is 9.60. The van der Waals surface area contributed by atoms with Crippen LogP contribution in [0, 0.1) is 0 Å². The zero-order valence-corrected chi connectivity index (χ0v) is 12.8. The summed E-state index contributed by atoms with van der Waals surface area (Å²) >= 11 is 0. The van der Waals surface area contributed by atoms with Crippen molar-refractivity contribution < 1.29 is 19.4 Å². The van der Waals surface area contributed by atoms with Crippen LogP contribution in [0.15, 0.2) is 43.0 Å². The maximum Gasteiger partial charge on any atom is 0.404 e. The number of hydrogen-bond acceptors (Lipinski definition) is 4. The van der Waals surface area contributed by atoms with E-state index in [4.69, 9.17) is 5.11 Å². The lowest BCUT2D eigenvalue weighted by Crippen LogP contribution is -2.11. The fourth-order valence-corrected chi connectivity index (χ4v) is 1.09. The number of nitrogens with two attached hydrogens (primary N) is 1. The third-order valence-corrected chi connectivity index (χ3v) is 1.80. The Balaban J connectivity index is 0. The summed E-state index contributed by atoms with van der Waals surface area (Å²) in [6.07, 6.45) is 0.123. The van der Waals surface area contributed by atoms with Crippen molar-refractivity contribution in [3.05, 3.63) is 48.6 Å². The van der Waals surface area contributed by atoms with E-state index in [1.165, 1.54) is 5.56 Å². The molecular formula is C15H24N2O4. The number of carboxylic acid groups (broad SMARTS) is 1. The van der Waals surface area contributed by atoms with Gasteiger partial charge >= 0.3 is 12.1 Å². The molecule has 1 rings (SSSR count). The smallest absolute Gasteiger partial charge is 0.404 e. The highest BCUT2D eigenvalue weighted by molar-refractivity contribution is 5.78. The molecule has 0 radical (unpaired) electrons. The Labute approximate surface area is 125 Å². The first-order valence-electron chi connectivity index (χ1n) is 6.29. The second-order valence-corrected chi connectivity index (χ2v) is 4.02. The van der Waals surface area contributed by atoms with Crippen molar-refractivity contribution >= 4 is 12.1 Å². The van der Waals surface area contributed by atoms with Crippen molar-refractivity contribution in [2.24, 2.45) is 5.73 Å². The highest BCUT2D eigenvalue weighted by Gasteiger charge is 1.90. The van der Waals surface area contributed by atoms with Crippen molar-refractivity contribution in [2.45, 2.75) is 13.5 Å². The fraction of sp³-hybridized carbons (Fsp3) is 0.333. The molecule has 0 saturated carbocycles. The molecule has 6 heteroatoms. The molecule has 0 unspecified atom stereocenters. The van der Waals surface area contributed by atoms with Crippen LogP contribution in [0.2, 0.25) is 0 Å². The zero-order chi connectivity index (χ0) is 16.7. The molecule has 21 heavy (non-hydrogen) atoms. The first-order valence-corrected chi connectivity index (χ1v) is 6.29. The van der Waals surface area contributed by atoms with Gasteiger partial charge in [0.25, 0.3) is 0 Å². The van der Waals surface area contributed by atoms with Gasteiger partial charge in [-0.1, -0.05) is 36.9 Å². The van der Waals surface area contributed by atoms with E-state index in [0.717, 1.165) is 12.6 Å². The Morgan fingerprint density at radius 3 is 2.05 bits per heavy atom. The van der Waals surface area contributed by atoms with Crippen LogP contribution in [0.3, 0.4) is 0 Å². The van der Waals surface area contributed by atoms with Gasteiger partial charge in [-0.3, -0.25) is 0 Å². The van der Waals surface area contributed by atoms with Gasteiger partial charge in [-0.15, -0.1) is 0 Å². The standard InChI is InChI=1S/C9H13N.C3H7NO2.C3H4O2/c1-10(2)8-9-6-4-3-5-7-9;1-2-6-3(4)5;1-2-3(4)5/h3-7H,8H2,1-2H3;2H2,1H3,(H2,4,5);2H,1H2,(H,4,5). The summed E-state index contributed by atoms with van der Waals surface area (Å²) in [6, 6.07) is 10.5. The number of ether oxygens (including phenoxy) is 1. The van der Waals surface area contributed by atoms with E-state index in [-0.39, 0.29) is 0 Å². The predicted octanol–water partition coefficient (Wildman–Crippen LogP) is 2.11. The number of hydrogen-bond donors (Lipinski definition) is 2. The van der Waals surface area contributed by atoms with Gasteiger partial charge in [0, 0.05) is 12.6 Å². The predicted molar refractivity (Wildman–Crippen MR) is 82.9 cm³/mol. The number of carboxylic acids is 1. The van der Waals surface area contributed by atoms with Crippen LogP contribution in [-0.4, -0.2) is 42.8 Å². The molecule has 0 aliphatic carbocycles. The summed E-state index contributed by atoms with van der Waals surface area (Å²) in [5.74, 6) is -0.981. The van der Waals surface area contributed by atoms with Crippen molar-refractivity contribution in [3.8, 4) is 0 Å².